The maximum atomic E-state index is 3.99. The molecule has 0 radical (unpaired) electrons. The van der Waals surface area contributed by atoms with Crippen molar-refractivity contribution in [3.05, 3.63) is 11.9 Å². The van der Waals surface area contributed by atoms with E-state index in [4.69, 9.17) is 0 Å². The lowest BCUT2D eigenvalue weighted by Crippen LogP contribution is -1.93. The molecule has 70 valence electrons. The second kappa shape index (κ2) is 6.83. The number of aryl methyl sites for hydroxylation is 2. The largest absolute Gasteiger partial charge is 0.253 e. The fourth-order valence-corrected chi connectivity index (χ4v) is 0.864. The standard InChI is InChI=1S/C7H13N3.C2H6/c1-3-5-7-6-10(4-2)9-8-7;1-2/h6H,3-5H2,1-2H3;1-2H3. The first-order valence-corrected chi connectivity index (χ1v) is 4.75. The predicted octanol–water partition coefficient (Wildman–Crippen LogP) is 2.28. The van der Waals surface area contributed by atoms with Gasteiger partial charge in [0.1, 0.15) is 0 Å². The van der Waals surface area contributed by atoms with Crippen molar-refractivity contribution in [2.75, 3.05) is 0 Å². The Morgan fingerprint density at radius 3 is 2.42 bits per heavy atom. The molecule has 0 aliphatic rings. The molecule has 12 heavy (non-hydrogen) atoms. The van der Waals surface area contributed by atoms with Gasteiger partial charge in [0.15, 0.2) is 0 Å². The van der Waals surface area contributed by atoms with Gasteiger partial charge in [-0.2, -0.15) is 0 Å². The van der Waals surface area contributed by atoms with Crippen LogP contribution in [0.5, 0.6) is 0 Å². The highest BCUT2D eigenvalue weighted by atomic mass is 15.4. The van der Waals surface area contributed by atoms with Gasteiger partial charge in [0.25, 0.3) is 0 Å². The summed E-state index contributed by atoms with van der Waals surface area (Å²) in [5.74, 6) is 0. The molecule has 1 rings (SSSR count). The maximum Gasteiger partial charge on any atom is 0.0827 e. The Hall–Kier alpha value is -0.860. The molecule has 0 spiro atoms. The van der Waals surface area contributed by atoms with Gasteiger partial charge < -0.3 is 0 Å². The third-order valence-corrected chi connectivity index (χ3v) is 1.42. The summed E-state index contributed by atoms with van der Waals surface area (Å²) in [6.07, 6.45) is 4.19. The number of aromatic nitrogens is 3. The molecule has 1 aromatic heterocycles. The lowest BCUT2D eigenvalue weighted by molar-refractivity contribution is 0.626. The van der Waals surface area contributed by atoms with Crippen LogP contribution in [-0.4, -0.2) is 15.0 Å². The van der Waals surface area contributed by atoms with Crippen LogP contribution in [0.1, 0.15) is 39.8 Å². The molecule has 0 fully saturated rings. The van der Waals surface area contributed by atoms with Crippen molar-refractivity contribution in [2.45, 2.75) is 47.1 Å². The van der Waals surface area contributed by atoms with E-state index in [-0.39, 0.29) is 0 Å². The normalized spacial score (nSPS) is 9.00. The van der Waals surface area contributed by atoms with Gasteiger partial charge in [-0.25, -0.2) is 0 Å². The van der Waals surface area contributed by atoms with Crippen LogP contribution in [0, 0.1) is 0 Å². The zero-order valence-corrected chi connectivity index (χ0v) is 8.54. The van der Waals surface area contributed by atoms with Crippen LogP contribution >= 0.6 is 0 Å². The van der Waals surface area contributed by atoms with Gasteiger partial charge in [0, 0.05) is 12.7 Å². The van der Waals surface area contributed by atoms with E-state index in [0.29, 0.717) is 0 Å². The average Bonchev–Trinajstić information content (AvgIpc) is 2.57. The van der Waals surface area contributed by atoms with Crippen LogP contribution in [0.4, 0.5) is 0 Å². The molecule has 3 heteroatoms. The minimum Gasteiger partial charge on any atom is -0.253 e. The van der Waals surface area contributed by atoms with Crippen LogP contribution in [0.2, 0.25) is 0 Å². The summed E-state index contributed by atoms with van der Waals surface area (Å²) in [4.78, 5) is 0. The topological polar surface area (TPSA) is 30.7 Å². The highest BCUT2D eigenvalue weighted by Gasteiger charge is 1.95. The van der Waals surface area contributed by atoms with Crippen LogP contribution in [0.15, 0.2) is 6.20 Å². The van der Waals surface area contributed by atoms with Crippen molar-refractivity contribution in [3.8, 4) is 0 Å². The minimum absolute atomic E-state index is 0.913. The SMILES string of the molecule is CC.CCCc1cn(CC)nn1. The molecule has 3 nitrogen and oxygen atoms in total. The number of hydrogen-bond donors (Lipinski definition) is 0. The Bertz CT molecular complexity index is 193. The summed E-state index contributed by atoms with van der Waals surface area (Å²) in [7, 11) is 0. The fraction of sp³-hybridized carbons (Fsp3) is 0.778. The van der Waals surface area contributed by atoms with E-state index >= 15 is 0 Å². The van der Waals surface area contributed by atoms with Crippen LogP contribution < -0.4 is 0 Å². The van der Waals surface area contributed by atoms with Crippen LogP contribution in [0.25, 0.3) is 0 Å². The van der Waals surface area contributed by atoms with Gasteiger partial charge in [-0.05, 0) is 13.3 Å². The van der Waals surface area contributed by atoms with Gasteiger partial charge in [0.05, 0.1) is 5.69 Å². The second-order valence-electron chi connectivity index (χ2n) is 2.32. The van der Waals surface area contributed by atoms with Crippen LogP contribution in [0.3, 0.4) is 0 Å². The van der Waals surface area contributed by atoms with Crippen molar-refractivity contribution in [2.24, 2.45) is 0 Å². The van der Waals surface area contributed by atoms with Gasteiger partial charge in [-0.1, -0.05) is 32.4 Å². The first kappa shape index (κ1) is 11.1. The lowest BCUT2D eigenvalue weighted by atomic mass is 10.3. The fourth-order valence-electron chi connectivity index (χ4n) is 0.864. The minimum atomic E-state index is 0.913. The zero-order chi connectivity index (χ0) is 9.40. The summed E-state index contributed by atoms with van der Waals surface area (Å²) < 4.78 is 1.85. The van der Waals surface area contributed by atoms with E-state index in [1.807, 2.05) is 24.7 Å². The van der Waals surface area contributed by atoms with Gasteiger partial charge in [-0.3, -0.25) is 4.68 Å². The Balaban J connectivity index is 0.000000561. The maximum absolute atomic E-state index is 3.99. The zero-order valence-electron chi connectivity index (χ0n) is 8.54. The van der Waals surface area contributed by atoms with E-state index in [1.165, 1.54) is 0 Å². The van der Waals surface area contributed by atoms with E-state index in [0.717, 1.165) is 25.1 Å². The van der Waals surface area contributed by atoms with Crippen molar-refractivity contribution in [1.82, 2.24) is 15.0 Å². The molecule has 0 N–H and O–H groups in total. The van der Waals surface area contributed by atoms with Crippen molar-refractivity contribution in [1.29, 1.82) is 0 Å². The molecule has 1 aromatic rings. The summed E-state index contributed by atoms with van der Waals surface area (Å²) in [5, 5.41) is 7.91. The summed E-state index contributed by atoms with van der Waals surface area (Å²) in [6, 6.07) is 0. The van der Waals surface area contributed by atoms with E-state index in [2.05, 4.69) is 24.2 Å². The molecule has 0 aromatic carbocycles. The van der Waals surface area contributed by atoms with Gasteiger partial charge in [0.2, 0.25) is 0 Å². The molecule has 0 atom stereocenters. The van der Waals surface area contributed by atoms with Crippen molar-refractivity contribution >= 4 is 0 Å². The van der Waals surface area contributed by atoms with E-state index < -0.39 is 0 Å². The Kier molecular flexibility index (Phi) is 6.34. The summed E-state index contributed by atoms with van der Waals surface area (Å²) >= 11 is 0. The molecule has 1 heterocycles. The average molecular weight is 169 g/mol. The Morgan fingerprint density at radius 1 is 1.33 bits per heavy atom. The third kappa shape index (κ3) is 3.51. The van der Waals surface area contributed by atoms with Crippen molar-refractivity contribution in [3.63, 3.8) is 0 Å². The lowest BCUT2D eigenvalue weighted by Gasteiger charge is -1.88. The quantitative estimate of drug-likeness (QED) is 0.695. The molecule has 0 bridgehead atoms. The second-order valence-corrected chi connectivity index (χ2v) is 2.32. The molecular weight excluding hydrogens is 150 g/mol. The summed E-state index contributed by atoms with van der Waals surface area (Å²) in [5.41, 5.74) is 1.10. The monoisotopic (exact) mass is 169 g/mol. The van der Waals surface area contributed by atoms with E-state index in [1.54, 1.807) is 0 Å². The Morgan fingerprint density at radius 2 is 2.00 bits per heavy atom. The molecule has 0 saturated carbocycles. The van der Waals surface area contributed by atoms with E-state index in [9.17, 15) is 0 Å². The molecule has 0 unspecified atom stereocenters. The molecule has 0 aliphatic heterocycles. The predicted molar refractivity (Wildman–Crippen MR) is 51.0 cm³/mol. The molecule has 0 aliphatic carbocycles. The smallest absolute Gasteiger partial charge is 0.0827 e. The van der Waals surface area contributed by atoms with Crippen molar-refractivity contribution < 1.29 is 0 Å². The number of nitrogens with zero attached hydrogens (tertiary/aromatic N) is 3. The first-order chi connectivity index (χ1) is 5.86. The Labute approximate surface area is 74.8 Å². The molecule has 0 amide bonds. The molecular formula is C9H19N3. The third-order valence-electron chi connectivity index (χ3n) is 1.42. The highest BCUT2D eigenvalue weighted by molar-refractivity contribution is 4.91. The van der Waals surface area contributed by atoms with Gasteiger partial charge in [-0.15, -0.1) is 5.10 Å². The first-order valence-electron chi connectivity index (χ1n) is 4.75. The number of rotatable bonds is 3. The van der Waals surface area contributed by atoms with Crippen LogP contribution in [-0.2, 0) is 13.0 Å². The summed E-state index contributed by atoms with van der Waals surface area (Å²) in [6.45, 7) is 9.12. The van der Waals surface area contributed by atoms with Gasteiger partial charge >= 0.3 is 0 Å². The molecule has 0 saturated heterocycles. The number of hydrogen-bond acceptors (Lipinski definition) is 2. The highest BCUT2D eigenvalue weighted by Crippen LogP contribution is 1.96.